The van der Waals surface area contributed by atoms with Crippen molar-refractivity contribution < 1.29 is 4.79 Å². The van der Waals surface area contributed by atoms with E-state index in [9.17, 15) is 4.79 Å². The fourth-order valence-corrected chi connectivity index (χ4v) is 2.43. The van der Waals surface area contributed by atoms with Crippen molar-refractivity contribution in [1.82, 2.24) is 4.98 Å². The average Bonchev–Trinajstić information content (AvgIpc) is 2.43. The summed E-state index contributed by atoms with van der Waals surface area (Å²) in [5.41, 5.74) is 7.35. The number of rotatable bonds is 8. The highest BCUT2D eigenvalue weighted by atomic mass is 16.1. The van der Waals surface area contributed by atoms with E-state index in [0.717, 1.165) is 24.2 Å². The lowest BCUT2D eigenvalue weighted by Crippen LogP contribution is -2.20. The van der Waals surface area contributed by atoms with Crippen LogP contribution in [0.4, 0.5) is 11.4 Å². The van der Waals surface area contributed by atoms with Crippen LogP contribution in [0.2, 0.25) is 0 Å². The van der Waals surface area contributed by atoms with Crippen LogP contribution in [0.1, 0.15) is 33.1 Å². The normalized spacial score (nSPS) is 12.3. The van der Waals surface area contributed by atoms with E-state index in [0.29, 0.717) is 24.8 Å². The molecule has 0 bridgehead atoms. The van der Waals surface area contributed by atoms with Crippen molar-refractivity contribution in [2.75, 3.05) is 30.9 Å². The molecule has 0 aliphatic carbocycles. The summed E-state index contributed by atoms with van der Waals surface area (Å²) in [6.45, 7) is 5.05. The first-order valence-corrected chi connectivity index (χ1v) is 7.57. The number of amides is 1. The quantitative estimate of drug-likeness (QED) is 0.772. The highest BCUT2D eigenvalue weighted by Gasteiger charge is 2.15. The molecule has 0 saturated heterocycles. The first kappa shape index (κ1) is 17.4. The molecule has 0 fully saturated rings. The van der Waals surface area contributed by atoms with Crippen molar-refractivity contribution in [2.45, 2.75) is 33.1 Å². The van der Waals surface area contributed by atoms with Gasteiger partial charge in [-0.15, -0.1) is 0 Å². The third-order valence-electron chi connectivity index (χ3n) is 3.78. The number of carbonyl (C=O) groups is 1. The summed E-state index contributed by atoms with van der Waals surface area (Å²) in [4.78, 5) is 18.2. The minimum absolute atomic E-state index is 0.0359. The Morgan fingerprint density at radius 1 is 1.38 bits per heavy atom. The van der Waals surface area contributed by atoms with Gasteiger partial charge in [-0.3, -0.25) is 9.78 Å². The van der Waals surface area contributed by atoms with Gasteiger partial charge in [0.2, 0.25) is 5.91 Å². The molecule has 1 amide bonds. The number of nitrogens with zero attached hydrogens (tertiary/aromatic N) is 2. The second-order valence-electron chi connectivity index (χ2n) is 5.96. The number of nitrogens with two attached hydrogens (primary N) is 1. The molecule has 5 heteroatoms. The van der Waals surface area contributed by atoms with Gasteiger partial charge in [-0.2, -0.15) is 0 Å². The Balaban J connectivity index is 2.58. The minimum Gasteiger partial charge on any atom is -0.376 e. The van der Waals surface area contributed by atoms with Crippen LogP contribution >= 0.6 is 0 Å². The van der Waals surface area contributed by atoms with E-state index in [4.69, 9.17) is 5.73 Å². The lowest BCUT2D eigenvalue weighted by atomic mass is 9.88. The number of aromatic nitrogens is 1. The Hall–Kier alpha value is -1.62. The summed E-state index contributed by atoms with van der Waals surface area (Å²) in [5, 5.41) is 2.95. The zero-order chi connectivity index (χ0) is 15.8. The molecule has 0 spiro atoms. The maximum atomic E-state index is 12.1. The monoisotopic (exact) mass is 292 g/mol. The molecular weight excluding hydrogens is 264 g/mol. The molecule has 0 saturated carbocycles. The highest BCUT2D eigenvalue weighted by Crippen LogP contribution is 2.24. The van der Waals surface area contributed by atoms with Crippen LogP contribution in [0, 0.1) is 11.8 Å². The molecule has 0 aliphatic rings. The first-order chi connectivity index (χ1) is 9.95. The lowest BCUT2D eigenvalue weighted by Gasteiger charge is -2.20. The zero-order valence-corrected chi connectivity index (χ0v) is 13.6. The molecule has 0 radical (unpaired) electrons. The van der Waals surface area contributed by atoms with Crippen molar-refractivity contribution in [2.24, 2.45) is 17.6 Å². The van der Waals surface area contributed by atoms with Crippen LogP contribution in [0.15, 0.2) is 18.5 Å². The molecular formula is C16H28N4O. The van der Waals surface area contributed by atoms with E-state index >= 15 is 0 Å². The van der Waals surface area contributed by atoms with E-state index in [1.165, 1.54) is 0 Å². The van der Waals surface area contributed by atoms with Crippen LogP contribution in [0.3, 0.4) is 0 Å². The molecule has 118 valence electrons. The van der Waals surface area contributed by atoms with Crippen molar-refractivity contribution >= 4 is 17.3 Å². The van der Waals surface area contributed by atoms with Crippen LogP contribution in [-0.2, 0) is 4.79 Å². The summed E-state index contributed by atoms with van der Waals surface area (Å²) in [7, 11) is 3.89. The molecule has 0 aromatic carbocycles. The molecule has 1 atom stereocenters. The Morgan fingerprint density at radius 3 is 2.67 bits per heavy atom. The molecule has 5 nitrogen and oxygen atoms in total. The zero-order valence-electron chi connectivity index (χ0n) is 13.6. The number of nitrogens with one attached hydrogen (secondary N) is 1. The van der Waals surface area contributed by atoms with Gasteiger partial charge in [-0.1, -0.05) is 13.8 Å². The van der Waals surface area contributed by atoms with E-state index in [1.807, 2.05) is 25.1 Å². The van der Waals surface area contributed by atoms with E-state index < -0.39 is 0 Å². The van der Waals surface area contributed by atoms with Gasteiger partial charge in [-0.05, 0) is 37.3 Å². The molecule has 1 unspecified atom stereocenters. The summed E-state index contributed by atoms with van der Waals surface area (Å²) in [5.74, 6) is 1.09. The van der Waals surface area contributed by atoms with E-state index in [2.05, 4.69) is 24.1 Å². The van der Waals surface area contributed by atoms with Gasteiger partial charge in [0.15, 0.2) is 0 Å². The van der Waals surface area contributed by atoms with Crippen molar-refractivity contribution in [3.8, 4) is 0 Å². The Labute approximate surface area is 127 Å². The van der Waals surface area contributed by atoms with Crippen LogP contribution in [0.5, 0.6) is 0 Å². The summed E-state index contributed by atoms with van der Waals surface area (Å²) in [6.07, 6.45) is 5.78. The number of carbonyl (C=O) groups excluding carboxylic acids is 1. The SMILES string of the molecule is CC(C)C(CCN)CCC(=O)Nc1cnccc1N(C)C. The van der Waals surface area contributed by atoms with Crippen molar-refractivity contribution in [3.63, 3.8) is 0 Å². The van der Waals surface area contributed by atoms with Gasteiger partial charge in [0.05, 0.1) is 17.6 Å². The third kappa shape index (κ3) is 5.71. The molecule has 1 aromatic heterocycles. The molecule has 0 aliphatic heterocycles. The largest absolute Gasteiger partial charge is 0.376 e. The van der Waals surface area contributed by atoms with Crippen LogP contribution in [-0.4, -0.2) is 31.5 Å². The van der Waals surface area contributed by atoms with Crippen LogP contribution in [0.25, 0.3) is 0 Å². The Bertz CT molecular complexity index is 446. The maximum absolute atomic E-state index is 12.1. The van der Waals surface area contributed by atoms with Crippen molar-refractivity contribution in [3.05, 3.63) is 18.5 Å². The fraction of sp³-hybridized carbons (Fsp3) is 0.625. The van der Waals surface area contributed by atoms with Gasteiger partial charge in [0.25, 0.3) is 0 Å². The number of hydrogen-bond donors (Lipinski definition) is 2. The standard InChI is InChI=1S/C16H28N4O/c1-12(2)13(7-9-17)5-6-16(21)19-14-11-18-10-8-15(14)20(3)4/h8,10-13H,5-7,9,17H2,1-4H3,(H,19,21). The second-order valence-corrected chi connectivity index (χ2v) is 5.96. The second kappa shape index (κ2) is 8.62. The first-order valence-electron chi connectivity index (χ1n) is 7.57. The predicted molar refractivity (Wildman–Crippen MR) is 88.4 cm³/mol. The smallest absolute Gasteiger partial charge is 0.224 e. The summed E-state index contributed by atoms with van der Waals surface area (Å²) in [6, 6.07) is 1.89. The van der Waals surface area contributed by atoms with Crippen molar-refractivity contribution in [1.29, 1.82) is 0 Å². The van der Waals surface area contributed by atoms with Gasteiger partial charge in [0.1, 0.15) is 0 Å². The molecule has 1 aromatic rings. The number of pyridine rings is 1. The molecule has 1 rings (SSSR count). The van der Waals surface area contributed by atoms with E-state index in [-0.39, 0.29) is 5.91 Å². The maximum Gasteiger partial charge on any atom is 0.224 e. The van der Waals surface area contributed by atoms with Crippen LogP contribution < -0.4 is 16.0 Å². The minimum atomic E-state index is 0.0359. The lowest BCUT2D eigenvalue weighted by molar-refractivity contribution is -0.116. The van der Waals surface area contributed by atoms with Gasteiger partial charge in [-0.25, -0.2) is 0 Å². The fourth-order valence-electron chi connectivity index (χ4n) is 2.43. The van der Waals surface area contributed by atoms with Gasteiger partial charge < -0.3 is 16.0 Å². The molecule has 1 heterocycles. The van der Waals surface area contributed by atoms with Gasteiger partial charge >= 0.3 is 0 Å². The number of anilines is 2. The third-order valence-corrected chi connectivity index (χ3v) is 3.78. The molecule has 21 heavy (non-hydrogen) atoms. The highest BCUT2D eigenvalue weighted by molar-refractivity contribution is 5.93. The number of hydrogen-bond acceptors (Lipinski definition) is 4. The Kier molecular flexibility index (Phi) is 7.15. The Morgan fingerprint density at radius 2 is 2.10 bits per heavy atom. The summed E-state index contributed by atoms with van der Waals surface area (Å²) >= 11 is 0. The topological polar surface area (TPSA) is 71.2 Å². The predicted octanol–water partition coefficient (Wildman–Crippen LogP) is 2.49. The average molecular weight is 292 g/mol. The molecule has 3 N–H and O–H groups in total. The van der Waals surface area contributed by atoms with Gasteiger partial charge in [0, 0.05) is 26.7 Å². The van der Waals surface area contributed by atoms with E-state index in [1.54, 1.807) is 12.4 Å². The summed E-state index contributed by atoms with van der Waals surface area (Å²) < 4.78 is 0.